The summed E-state index contributed by atoms with van der Waals surface area (Å²) in [7, 11) is 1.55. The van der Waals surface area contributed by atoms with Crippen molar-refractivity contribution >= 4 is 46.0 Å². The number of hydrogen-bond donors (Lipinski definition) is 2. The Morgan fingerprint density at radius 1 is 1.03 bits per heavy atom. The van der Waals surface area contributed by atoms with Crippen LogP contribution >= 0.6 is 22.6 Å². The Bertz CT molecular complexity index is 1160. The minimum Gasteiger partial charge on any atom is -0.493 e. The third-order valence-corrected chi connectivity index (χ3v) is 5.25. The van der Waals surface area contributed by atoms with Crippen LogP contribution in [0.25, 0.3) is 6.08 Å². The number of primary amides is 1. The van der Waals surface area contributed by atoms with Gasteiger partial charge in [0.25, 0.3) is 0 Å². The number of carbonyl (C=O) groups is 2. The summed E-state index contributed by atoms with van der Waals surface area (Å²) >= 11 is 2.15. The second-order valence-electron chi connectivity index (χ2n) is 6.71. The summed E-state index contributed by atoms with van der Waals surface area (Å²) in [4.78, 5) is 23.7. The van der Waals surface area contributed by atoms with E-state index in [1.54, 1.807) is 61.7 Å². The first-order chi connectivity index (χ1) is 14.9. The molecule has 158 valence electrons. The van der Waals surface area contributed by atoms with E-state index in [1.807, 2.05) is 12.1 Å². The highest BCUT2D eigenvalue weighted by Gasteiger charge is 2.12. The number of amides is 1. The largest absolute Gasteiger partial charge is 0.493 e. The van der Waals surface area contributed by atoms with Gasteiger partial charge in [-0.05, 0) is 76.2 Å². The molecule has 0 bridgehead atoms. The van der Waals surface area contributed by atoms with Crippen LogP contribution in [0.3, 0.4) is 0 Å². The van der Waals surface area contributed by atoms with Crippen molar-refractivity contribution < 1.29 is 19.1 Å². The van der Waals surface area contributed by atoms with Crippen LogP contribution in [0.15, 0.2) is 66.7 Å². The molecule has 0 radical (unpaired) electrons. The zero-order valence-electron chi connectivity index (χ0n) is 16.8. The molecular formula is C24H21IN2O4. The van der Waals surface area contributed by atoms with E-state index >= 15 is 0 Å². The van der Waals surface area contributed by atoms with Gasteiger partial charge >= 0.3 is 0 Å². The Morgan fingerprint density at radius 3 is 2.48 bits per heavy atom. The molecule has 1 amide bonds. The molecule has 6 nitrogen and oxygen atoms in total. The van der Waals surface area contributed by atoms with Crippen LogP contribution in [0.1, 0.15) is 31.8 Å². The number of nitrogen functional groups attached to an aromatic ring is 1. The molecule has 31 heavy (non-hydrogen) atoms. The SMILES string of the molecule is COc1cc(/C=C/C(=O)c2cccc(N)c2)cc(I)c1OCc1cccc(C(N)=O)c1. The Morgan fingerprint density at radius 2 is 1.77 bits per heavy atom. The Kier molecular flexibility index (Phi) is 7.30. The number of rotatable bonds is 8. The van der Waals surface area contributed by atoms with Crippen LogP contribution in [0.4, 0.5) is 5.69 Å². The lowest BCUT2D eigenvalue weighted by Crippen LogP contribution is -2.11. The summed E-state index contributed by atoms with van der Waals surface area (Å²) < 4.78 is 12.3. The summed E-state index contributed by atoms with van der Waals surface area (Å²) in [6.45, 7) is 0.247. The molecule has 3 aromatic rings. The number of allylic oxidation sites excluding steroid dienone is 1. The van der Waals surface area contributed by atoms with Gasteiger partial charge in [0.15, 0.2) is 17.3 Å². The number of hydrogen-bond acceptors (Lipinski definition) is 5. The average molecular weight is 528 g/mol. The maximum atomic E-state index is 12.4. The number of nitrogens with two attached hydrogens (primary N) is 2. The van der Waals surface area contributed by atoms with E-state index < -0.39 is 5.91 Å². The predicted molar refractivity (Wildman–Crippen MR) is 129 cm³/mol. The Hall–Kier alpha value is -3.33. The molecule has 0 spiro atoms. The highest BCUT2D eigenvalue weighted by molar-refractivity contribution is 14.1. The van der Waals surface area contributed by atoms with Gasteiger partial charge in [-0.3, -0.25) is 9.59 Å². The molecule has 0 fully saturated rings. The molecule has 0 aromatic heterocycles. The number of anilines is 1. The lowest BCUT2D eigenvalue weighted by molar-refractivity contribution is 0.0998. The monoisotopic (exact) mass is 528 g/mol. The van der Waals surface area contributed by atoms with Crippen molar-refractivity contribution in [1.29, 1.82) is 0 Å². The van der Waals surface area contributed by atoms with Gasteiger partial charge in [0.2, 0.25) is 5.91 Å². The van der Waals surface area contributed by atoms with Crippen molar-refractivity contribution in [2.24, 2.45) is 5.73 Å². The maximum absolute atomic E-state index is 12.4. The topological polar surface area (TPSA) is 105 Å². The number of carbonyl (C=O) groups excluding carboxylic acids is 2. The van der Waals surface area contributed by atoms with Crippen LogP contribution in [0.5, 0.6) is 11.5 Å². The summed E-state index contributed by atoms with van der Waals surface area (Å²) in [5, 5.41) is 0. The van der Waals surface area contributed by atoms with Gasteiger partial charge in [-0.1, -0.05) is 30.3 Å². The van der Waals surface area contributed by atoms with Gasteiger partial charge in [-0.15, -0.1) is 0 Å². The van der Waals surface area contributed by atoms with E-state index in [9.17, 15) is 9.59 Å². The number of benzene rings is 3. The van der Waals surface area contributed by atoms with Crippen molar-refractivity contribution in [2.45, 2.75) is 6.61 Å². The summed E-state index contributed by atoms with van der Waals surface area (Å²) in [6, 6.07) is 17.5. The maximum Gasteiger partial charge on any atom is 0.248 e. The van der Waals surface area contributed by atoms with Crippen LogP contribution in [-0.2, 0) is 6.61 Å². The third kappa shape index (κ3) is 5.85. The third-order valence-electron chi connectivity index (χ3n) is 4.44. The fourth-order valence-electron chi connectivity index (χ4n) is 2.91. The summed E-state index contributed by atoms with van der Waals surface area (Å²) in [5.74, 6) is 0.481. The van der Waals surface area contributed by atoms with Crippen molar-refractivity contribution in [3.05, 3.63) is 92.6 Å². The van der Waals surface area contributed by atoms with Crippen LogP contribution < -0.4 is 20.9 Å². The van der Waals surface area contributed by atoms with E-state index in [2.05, 4.69) is 22.6 Å². The lowest BCUT2D eigenvalue weighted by atomic mass is 10.1. The molecule has 0 atom stereocenters. The minimum absolute atomic E-state index is 0.143. The highest BCUT2D eigenvalue weighted by Crippen LogP contribution is 2.35. The molecule has 0 aliphatic rings. The number of methoxy groups -OCH3 is 1. The molecule has 7 heteroatoms. The van der Waals surface area contributed by atoms with Gasteiger partial charge in [-0.25, -0.2) is 0 Å². The van der Waals surface area contributed by atoms with Crippen molar-refractivity contribution in [1.82, 2.24) is 0 Å². The minimum atomic E-state index is -0.488. The molecule has 0 saturated heterocycles. The van der Waals surface area contributed by atoms with E-state index in [-0.39, 0.29) is 12.4 Å². The molecule has 0 saturated carbocycles. The lowest BCUT2D eigenvalue weighted by Gasteiger charge is -2.14. The first-order valence-electron chi connectivity index (χ1n) is 9.34. The van der Waals surface area contributed by atoms with Crippen LogP contribution in [0.2, 0.25) is 0 Å². The fraction of sp³-hybridized carbons (Fsp3) is 0.0833. The normalized spacial score (nSPS) is 10.8. The molecule has 3 aromatic carbocycles. The number of ketones is 1. The predicted octanol–water partition coefficient (Wildman–Crippen LogP) is 4.46. The van der Waals surface area contributed by atoms with Crippen LogP contribution in [0, 0.1) is 3.57 Å². The van der Waals surface area contributed by atoms with Gasteiger partial charge in [0.05, 0.1) is 10.7 Å². The van der Waals surface area contributed by atoms with Gasteiger partial charge < -0.3 is 20.9 Å². The molecule has 0 unspecified atom stereocenters. The first-order valence-corrected chi connectivity index (χ1v) is 10.4. The second-order valence-corrected chi connectivity index (χ2v) is 7.87. The molecule has 0 aliphatic heterocycles. The summed E-state index contributed by atoms with van der Waals surface area (Å²) in [6.07, 6.45) is 3.21. The molecular weight excluding hydrogens is 507 g/mol. The number of ether oxygens (including phenoxy) is 2. The molecule has 4 N–H and O–H groups in total. The molecule has 3 rings (SSSR count). The fourth-order valence-corrected chi connectivity index (χ4v) is 3.69. The molecule has 0 aliphatic carbocycles. The Labute approximate surface area is 194 Å². The average Bonchev–Trinajstić information content (AvgIpc) is 2.76. The van der Waals surface area contributed by atoms with Gasteiger partial charge in [-0.2, -0.15) is 0 Å². The van der Waals surface area contributed by atoms with Crippen LogP contribution in [-0.4, -0.2) is 18.8 Å². The zero-order chi connectivity index (χ0) is 22.4. The smallest absolute Gasteiger partial charge is 0.248 e. The second kappa shape index (κ2) is 10.1. The highest BCUT2D eigenvalue weighted by atomic mass is 127. The number of halogens is 1. The van der Waals surface area contributed by atoms with E-state index in [1.165, 1.54) is 6.08 Å². The van der Waals surface area contributed by atoms with E-state index in [4.69, 9.17) is 20.9 Å². The van der Waals surface area contributed by atoms with Crippen molar-refractivity contribution in [3.63, 3.8) is 0 Å². The summed E-state index contributed by atoms with van der Waals surface area (Å²) in [5.41, 5.74) is 14.2. The van der Waals surface area contributed by atoms with Gasteiger partial charge in [0, 0.05) is 16.8 Å². The standard InChI is InChI=1S/C24H21IN2O4/c1-30-22-12-15(8-9-21(28)17-5-3-7-19(26)13-17)11-20(25)23(22)31-14-16-4-2-6-18(10-16)24(27)29/h2-13H,14,26H2,1H3,(H2,27,29)/b9-8+. The first kappa shape index (κ1) is 22.4. The Balaban J connectivity index is 1.77. The van der Waals surface area contributed by atoms with Crippen molar-refractivity contribution in [3.8, 4) is 11.5 Å². The molecule has 0 heterocycles. The van der Waals surface area contributed by atoms with Gasteiger partial charge in [0.1, 0.15) is 6.61 Å². The quantitative estimate of drug-likeness (QED) is 0.195. The zero-order valence-corrected chi connectivity index (χ0v) is 19.0. The van der Waals surface area contributed by atoms with E-state index in [0.717, 1.165) is 14.7 Å². The van der Waals surface area contributed by atoms with E-state index in [0.29, 0.717) is 28.3 Å². The van der Waals surface area contributed by atoms with Crippen molar-refractivity contribution in [2.75, 3.05) is 12.8 Å².